The van der Waals surface area contributed by atoms with Gasteiger partial charge >= 0.3 is 0 Å². The number of hydrogen-bond acceptors (Lipinski definition) is 4. The smallest absolute Gasteiger partial charge is 0.245 e. The maximum atomic E-state index is 13.4. The van der Waals surface area contributed by atoms with Gasteiger partial charge in [-0.2, -0.15) is 4.31 Å². The highest BCUT2D eigenvalue weighted by atomic mass is 79.9. The van der Waals surface area contributed by atoms with E-state index in [4.69, 9.17) is 4.74 Å². The van der Waals surface area contributed by atoms with Gasteiger partial charge in [0.05, 0.1) is 0 Å². The molecule has 0 saturated carbocycles. The van der Waals surface area contributed by atoms with Crippen molar-refractivity contribution < 1.29 is 17.5 Å². The molecule has 0 unspecified atom stereocenters. The van der Waals surface area contributed by atoms with E-state index < -0.39 is 15.8 Å². The Kier molecular flexibility index (Phi) is 7.63. The molecule has 0 radical (unpaired) electrons. The molecule has 0 aliphatic carbocycles. The molecule has 0 N–H and O–H groups in total. The first-order chi connectivity index (χ1) is 11.4. The Morgan fingerprint density at radius 2 is 1.83 bits per heavy atom. The monoisotopic (exact) mass is 486 g/mol. The fraction of sp³-hybridized carbons (Fsp3) is 0.600. The van der Waals surface area contributed by atoms with Crippen molar-refractivity contribution in [2.24, 2.45) is 0 Å². The fourth-order valence-corrected chi connectivity index (χ4v) is 6.67. The molecule has 0 spiro atoms. The normalized spacial score (nSPS) is 17.8. The van der Waals surface area contributed by atoms with Gasteiger partial charge in [-0.3, -0.25) is 0 Å². The molecule has 1 saturated heterocycles. The average Bonchev–Trinajstić information content (AvgIpc) is 2.72. The summed E-state index contributed by atoms with van der Waals surface area (Å²) in [6, 6.07) is 2.35. The van der Waals surface area contributed by atoms with Crippen molar-refractivity contribution in [3.63, 3.8) is 0 Å². The molecule has 1 aliphatic heterocycles. The molecular formula is C15H21Br2FN2O3S. The topological polar surface area (TPSA) is 49.9 Å². The molecule has 0 atom stereocenters. The van der Waals surface area contributed by atoms with Gasteiger partial charge < -0.3 is 9.64 Å². The molecule has 5 nitrogen and oxygen atoms in total. The van der Waals surface area contributed by atoms with E-state index in [-0.39, 0.29) is 13.8 Å². The van der Waals surface area contributed by atoms with Crippen molar-refractivity contribution in [2.45, 2.75) is 17.7 Å². The number of benzene rings is 1. The summed E-state index contributed by atoms with van der Waals surface area (Å²) >= 11 is 6.35. The Morgan fingerprint density at radius 3 is 2.46 bits per heavy atom. The zero-order chi connectivity index (χ0) is 17.7. The van der Waals surface area contributed by atoms with Gasteiger partial charge in [0.2, 0.25) is 10.0 Å². The molecular weight excluding hydrogens is 467 g/mol. The molecule has 9 heteroatoms. The number of halogens is 3. The zero-order valence-corrected chi connectivity index (χ0v) is 17.5. The third-order valence-corrected chi connectivity index (χ3v) is 7.71. The van der Waals surface area contributed by atoms with E-state index in [0.29, 0.717) is 26.2 Å². The van der Waals surface area contributed by atoms with E-state index in [0.717, 1.165) is 25.9 Å². The van der Waals surface area contributed by atoms with Crippen LogP contribution >= 0.6 is 31.9 Å². The SMILES string of the molecule is COCCCN1CCCN(S(=O)(=O)c2c(Br)cc(F)cc2Br)CC1. The summed E-state index contributed by atoms with van der Waals surface area (Å²) in [6.07, 6.45) is 1.70. The molecule has 1 aromatic rings. The quantitative estimate of drug-likeness (QED) is 0.578. The Balaban J connectivity index is 2.13. The van der Waals surface area contributed by atoms with Crippen LogP contribution in [0.3, 0.4) is 0 Å². The van der Waals surface area contributed by atoms with E-state index in [2.05, 4.69) is 36.8 Å². The van der Waals surface area contributed by atoms with Gasteiger partial charge in [-0.05, 0) is 63.4 Å². The summed E-state index contributed by atoms with van der Waals surface area (Å²) in [5.41, 5.74) is 0. The van der Waals surface area contributed by atoms with E-state index in [1.807, 2.05) is 0 Å². The largest absolute Gasteiger partial charge is 0.385 e. The summed E-state index contributed by atoms with van der Waals surface area (Å²) in [6.45, 7) is 4.02. The van der Waals surface area contributed by atoms with Crippen LogP contribution in [0.4, 0.5) is 4.39 Å². The molecule has 1 aromatic carbocycles. The highest BCUT2D eigenvalue weighted by Gasteiger charge is 2.30. The second-order valence-electron chi connectivity index (χ2n) is 5.64. The van der Waals surface area contributed by atoms with Crippen LogP contribution in [-0.2, 0) is 14.8 Å². The van der Waals surface area contributed by atoms with Crippen molar-refractivity contribution in [2.75, 3.05) is 46.4 Å². The Morgan fingerprint density at radius 1 is 1.17 bits per heavy atom. The molecule has 0 amide bonds. The molecule has 24 heavy (non-hydrogen) atoms. The molecule has 1 heterocycles. The van der Waals surface area contributed by atoms with E-state index in [1.165, 1.54) is 16.4 Å². The Hall–Kier alpha value is -0.0600. The molecule has 1 fully saturated rings. The van der Waals surface area contributed by atoms with Crippen LogP contribution < -0.4 is 0 Å². The van der Waals surface area contributed by atoms with Gasteiger partial charge in [-0.15, -0.1) is 0 Å². The summed E-state index contributed by atoms with van der Waals surface area (Å²) < 4.78 is 46.3. The minimum Gasteiger partial charge on any atom is -0.385 e. The van der Waals surface area contributed by atoms with Crippen LogP contribution in [-0.4, -0.2) is 64.1 Å². The highest BCUT2D eigenvalue weighted by molar-refractivity contribution is 9.11. The second kappa shape index (κ2) is 9.05. The first-order valence-corrected chi connectivity index (χ1v) is 10.7. The first-order valence-electron chi connectivity index (χ1n) is 7.72. The van der Waals surface area contributed by atoms with Gasteiger partial charge in [0, 0.05) is 48.8 Å². The van der Waals surface area contributed by atoms with Crippen molar-refractivity contribution in [1.82, 2.24) is 9.21 Å². The minimum absolute atomic E-state index is 0.0803. The van der Waals surface area contributed by atoms with E-state index in [9.17, 15) is 12.8 Å². The number of methoxy groups -OCH3 is 1. The van der Waals surface area contributed by atoms with Crippen LogP contribution in [0.2, 0.25) is 0 Å². The van der Waals surface area contributed by atoms with Crippen molar-refractivity contribution >= 4 is 41.9 Å². The summed E-state index contributed by atoms with van der Waals surface area (Å²) in [7, 11) is -2.01. The second-order valence-corrected chi connectivity index (χ2v) is 9.23. The van der Waals surface area contributed by atoms with E-state index >= 15 is 0 Å². The van der Waals surface area contributed by atoms with E-state index in [1.54, 1.807) is 7.11 Å². The van der Waals surface area contributed by atoms with Crippen molar-refractivity contribution in [3.05, 3.63) is 26.9 Å². The number of sulfonamides is 1. The average molecular weight is 488 g/mol. The lowest BCUT2D eigenvalue weighted by molar-refractivity contribution is 0.173. The predicted molar refractivity (Wildman–Crippen MR) is 98.1 cm³/mol. The van der Waals surface area contributed by atoms with Crippen LogP contribution in [0.15, 0.2) is 26.0 Å². The first kappa shape index (κ1) is 20.3. The Bertz CT molecular complexity index is 650. The predicted octanol–water partition coefficient (Wildman–Crippen LogP) is 3.08. The van der Waals surface area contributed by atoms with Crippen molar-refractivity contribution in [3.8, 4) is 0 Å². The van der Waals surface area contributed by atoms with Gasteiger partial charge in [0.25, 0.3) is 0 Å². The van der Waals surface area contributed by atoms with Crippen LogP contribution in [0, 0.1) is 5.82 Å². The van der Waals surface area contributed by atoms with Gasteiger partial charge in [-0.25, -0.2) is 12.8 Å². The molecule has 0 bridgehead atoms. The summed E-state index contributed by atoms with van der Waals surface area (Å²) in [5, 5.41) is 0. The number of hydrogen-bond donors (Lipinski definition) is 0. The third-order valence-electron chi connectivity index (χ3n) is 3.93. The van der Waals surface area contributed by atoms with Gasteiger partial charge in [0.1, 0.15) is 10.7 Å². The lowest BCUT2D eigenvalue weighted by Gasteiger charge is -2.22. The van der Waals surface area contributed by atoms with Crippen LogP contribution in [0.1, 0.15) is 12.8 Å². The maximum absolute atomic E-state index is 13.4. The summed E-state index contributed by atoms with van der Waals surface area (Å²) in [5.74, 6) is -0.493. The number of rotatable bonds is 6. The van der Waals surface area contributed by atoms with Crippen LogP contribution in [0.25, 0.3) is 0 Å². The standard InChI is InChI=1S/C15H21Br2FN2O3S/c1-23-9-3-5-19-4-2-6-20(8-7-19)24(21,22)15-13(16)10-12(18)11-14(15)17/h10-11H,2-9H2,1H3. The Labute approximate surface area is 159 Å². The summed E-state index contributed by atoms with van der Waals surface area (Å²) in [4.78, 5) is 2.33. The van der Waals surface area contributed by atoms with Crippen molar-refractivity contribution in [1.29, 1.82) is 0 Å². The lowest BCUT2D eigenvalue weighted by Crippen LogP contribution is -2.36. The highest BCUT2D eigenvalue weighted by Crippen LogP contribution is 2.33. The molecule has 1 aliphatic rings. The van der Waals surface area contributed by atoms with Gasteiger partial charge in [0.15, 0.2) is 0 Å². The van der Waals surface area contributed by atoms with Crippen LogP contribution in [0.5, 0.6) is 0 Å². The molecule has 136 valence electrons. The molecule has 2 rings (SSSR count). The maximum Gasteiger partial charge on any atom is 0.245 e. The number of ether oxygens (including phenoxy) is 1. The fourth-order valence-electron chi connectivity index (χ4n) is 2.75. The number of nitrogens with zero attached hydrogens (tertiary/aromatic N) is 2. The zero-order valence-electron chi connectivity index (χ0n) is 13.5. The third kappa shape index (κ3) is 4.98. The lowest BCUT2D eigenvalue weighted by atomic mass is 10.3. The van der Waals surface area contributed by atoms with Gasteiger partial charge in [-0.1, -0.05) is 0 Å². The molecule has 0 aromatic heterocycles. The minimum atomic E-state index is -3.69.